The second-order valence-corrected chi connectivity index (χ2v) is 8.63. The van der Waals surface area contributed by atoms with Gasteiger partial charge in [-0.2, -0.15) is 18.6 Å². The van der Waals surface area contributed by atoms with E-state index in [0.717, 1.165) is 0 Å². The van der Waals surface area contributed by atoms with Crippen LogP contribution in [0.1, 0.15) is 35.3 Å². The first-order valence-electron chi connectivity index (χ1n) is 11.0. The highest BCUT2D eigenvalue weighted by Gasteiger charge is 2.09. The molecule has 0 aliphatic carbocycles. The van der Waals surface area contributed by atoms with Gasteiger partial charge in [-0.15, -0.1) is 0 Å². The van der Waals surface area contributed by atoms with E-state index >= 15 is 0 Å². The van der Waals surface area contributed by atoms with Crippen LogP contribution >= 0.6 is 0 Å². The Hall–Kier alpha value is -4.66. The minimum atomic E-state index is -4.67. The van der Waals surface area contributed by atoms with E-state index in [0.29, 0.717) is 45.3 Å². The van der Waals surface area contributed by atoms with Gasteiger partial charge in [0.2, 0.25) is 0 Å². The van der Waals surface area contributed by atoms with Gasteiger partial charge < -0.3 is 19.7 Å². The summed E-state index contributed by atoms with van der Waals surface area (Å²) in [6.45, 7) is 3.44. The number of hydrogen-bond acceptors (Lipinski definition) is 10. The van der Waals surface area contributed by atoms with E-state index in [1.165, 1.54) is 26.4 Å². The molecule has 1 amide bonds. The van der Waals surface area contributed by atoms with Gasteiger partial charge >= 0.3 is 10.4 Å². The molecular weight excluding hydrogens is 532 g/mol. The smallest absolute Gasteiger partial charge is 0.394 e. The van der Waals surface area contributed by atoms with Gasteiger partial charge in [0.05, 0.1) is 31.3 Å². The number of amides is 1. The minimum absolute atomic E-state index is 0.00378. The number of nitrogens with zero attached hydrogens (tertiary/aromatic N) is 2. The maximum absolute atomic E-state index is 12.4. The quantitative estimate of drug-likeness (QED) is 0.135. The number of anilines is 1. The third-order valence-electron chi connectivity index (χ3n) is 5.01. The summed E-state index contributed by atoms with van der Waals surface area (Å²) in [5.41, 5.74) is 8.51. The summed E-state index contributed by atoms with van der Waals surface area (Å²) in [5.74, 6) is 0.738. The number of ether oxygens (including phenoxy) is 2. The summed E-state index contributed by atoms with van der Waals surface area (Å²) in [7, 11) is -1.63. The molecule has 0 saturated carbocycles. The van der Waals surface area contributed by atoms with Crippen molar-refractivity contribution in [3.8, 4) is 23.0 Å². The first-order valence-corrected chi connectivity index (χ1v) is 12.4. The minimum Gasteiger partial charge on any atom is -0.507 e. The summed E-state index contributed by atoms with van der Waals surface area (Å²) < 4.78 is 41.7. The van der Waals surface area contributed by atoms with E-state index in [-0.39, 0.29) is 11.5 Å². The summed E-state index contributed by atoms with van der Waals surface area (Å²) >= 11 is 0. The zero-order chi connectivity index (χ0) is 29.2. The molecule has 0 heterocycles. The Labute approximate surface area is 225 Å². The molecule has 3 rings (SSSR count). The first kappa shape index (κ1) is 30.6. The maximum Gasteiger partial charge on any atom is 0.394 e. The molecule has 39 heavy (non-hydrogen) atoms. The highest BCUT2D eigenvalue weighted by Crippen LogP contribution is 2.25. The molecule has 0 unspecified atom stereocenters. The van der Waals surface area contributed by atoms with Crippen molar-refractivity contribution in [3.05, 3.63) is 77.4 Å². The topological polar surface area (TPSA) is 199 Å². The molecule has 0 saturated heterocycles. The number of nitrogens with one attached hydrogen (secondary N) is 2. The van der Waals surface area contributed by atoms with Crippen molar-refractivity contribution >= 4 is 33.4 Å². The Morgan fingerprint density at radius 1 is 0.769 bits per heavy atom. The zero-order valence-electron chi connectivity index (χ0n) is 21.4. The summed E-state index contributed by atoms with van der Waals surface area (Å²) in [6, 6.07) is 16.5. The van der Waals surface area contributed by atoms with Crippen molar-refractivity contribution in [2.75, 3.05) is 19.6 Å². The Morgan fingerprint density at radius 2 is 1.21 bits per heavy atom. The first-order chi connectivity index (χ1) is 18.3. The molecule has 6 N–H and O–H groups in total. The van der Waals surface area contributed by atoms with Crippen LogP contribution in [-0.4, -0.2) is 59.3 Å². The molecule has 0 aliphatic heterocycles. The van der Waals surface area contributed by atoms with Crippen molar-refractivity contribution in [2.24, 2.45) is 10.2 Å². The molecule has 208 valence electrons. The van der Waals surface area contributed by atoms with Crippen LogP contribution in [0.5, 0.6) is 23.0 Å². The van der Waals surface area contributed by atoms with Crippen molar-refractivity contribution in [1.82, 2.24) is 5.43 Å². The Balaban J connectivity index is 0.000000976. The van der Waals surface area contributed by atoms with Crippen molar-refractivity contribution in [2.45, 2.75) is 13.8 Å². The van der Waals surface area contributed by atoms with E-state index in [1.807, 2.05) is 0 Å². The highest BCUT2D eigenvalue weighted by molar-refractivity contribution is 7.79. The second kappa shape index (κ2) is 13.8. The van der Waals surface area contributed by atoms with Gasteiger partial charge in [0.15, 0.2) is 0 Å². The number of rotatable bonds is 8. The van der Waals surface area contributed by atoms with Crippen LogP contribution in [0.2, 0.25) is 0 Å². The number of phenols is 2. The largest absolute Gasteiger partial charge is 0.507 e. The molecule has 3 aromatic carbocycles. The van der Waals surface area contributed by atoms with Crippen LogP contribution in [0.3, 0.4) is 0 Å². The lowest BCUT2D eigenvalue weighted by Crippen LogP contribution is -2.19. The monoisotopic (exact) mass is 560 g/mol. The van der Waals surface area contributed by atoms with E-state index in [2.05, 4.69) is 21.1 Å². The number of aromatic hydroxyl groups is 2. The van der Waals surface area contributed by atoms with Crippen molar-refractivity contribution < 1.29 is 42.0 Å². The maximum atomic E-state index is 12.4. The molecule has 3 aromatic rings. The van der Waals surface area contributed by atoms with E-state index in [1.54, 1.807) is 62.4 Å². The van der Waals surface area contributed by atoms with Crippen molar-refractivity contribution in [3.63, 3.8) is 0 Å². The SMILES string of the molecule is COc1ccc(C(C)=NNC(=O)c2ccc(NN=C(C)c3ccc(OC)cc3O)cc2)c(O)c1.O=S(=O)(O)O. The molecule has 0 radical (unpaired) electrons. The Morgan fingerprint density at radius 3 is 1.62 bits per heavy atom. The lowest BCUT2D eigenvalue weighted by Gasteiger charge is -2.08. The molecule has 0 atom stereocenters. The molecule has 14 heteroatoms. The van der Waals surface area contributed by atoms with Crippen LogP contribution in [0, 0.1) is 0 Å². The van der Waals surface area contributed by atoms with Crippen LogP contribution in [0.4, 0.5) is 5.69 Å². The highest BCUT2D eigenvalue weighted by atomic mass is 32.3. The lowest BCUT2D eigenvalue weighted by molar-refractivity contribution is 0.0954. The molecule has 0 fully saturated rings. The molecule has 0 aliphatic rings. The van der Waals surface area contributed by atoms with Gasteiger partial charge in [-0.3, -0.25) is 19.3 Å². The van der Waals surface area contributed by atoms with Gasteiger partial charge in [0.1, 0.15) is 23.0 Å². The molecule has 0 bridgehead atoms. The van der Waals surface area contributed by atoms with Gasteiger partial charge in [-0.1, -0.05) is 0 Å². The summed E-state index contributed by atoms with van der Waals surface area (Å²) in [6.07, 6.45) is 0. The number of methoxy groups -OCH3 is 2. The van der Waals surface area contributed by atoms with Crippen LogP contribution in [0.15, 0.2) is 70.9 Å². The normalized spacial score (nSPS) is 11.6. The molecule has 0 aromatic heterocycles. The fraction of sp³-hybridized carbons (Fsp3) is 0.160. The van der Waals surface area contributed by atoms with Crippen LogP contribution < -0.4 is 20.3 Å². The Kier molecular flexibility index (Phi) is 10.8. The third-order valence-corrected chi connectivity index (χ3v) is 5.01. The number of carbonyl (C=O) groups is 1. The predicted molar refractivity (Wildman–Crippen MR) is 145 cm³/mol. The third kappa shape index (κ3) is 9.96. The van der Waals surface area contributed by atoms with Gasteiger partial charge in [-0.25, -0.2) is 5.43 Å². The number of hydrogen-bond donors (Lipinski definition) is 6. The number of hydrazone groups is 2. The van der Waals surface area contributed by atoms with Gasteiger partial charge in [-0.05, 0) is 62.4 Å². The lowest BCUT2D eigenvalue weighted by atomic mass is 10.1. The van der Waals surface area contributed by atoms with Crippen LogP contribution in [0.25, 0.3) is 0 Å². The predicted octanol–water partition coefficient (Wildman–Crippen LogP) is 3.45. The Bertz CT molecular complexity index is 1460. The van der Waals surface area contributed by atoms with Crippen molar-refractivity contribution in [1.29, 1.82) is 0 Å². The summed E-state index contributed by atoms with van der Waals surface area (Å²) in [5, 5.41) is 28.6. The second-order valence-electron chi connectivity index (χ2n) is 7.74. The van der Waals surface area contributed by atoms with Gasteiger partial charge in [0.25, 0.3) is 5.91 Å². The van der Waals surface area contributed by atoms with Crippen LogP contribution in [-0.2, 0) is 10.4 Å². The number of carbonyl (C=O) groups excluding carboxylic acids is 1. The fourth-order valence-corrected chi connectivity index (χ4v) is 3.05. The van der Waals surface area contributed by atoms with Gasteiger partial charge in [0, 0.05) is 28.8 Å². The number of benzene rings is 3. The standard InChI is InChI=1S/C25H26N4O5.H2O4S/c1-15(21-11-9-19(33-3)13-23(21)30)26-28-18-7-5-17(6-8-18)25(32)29-27-16(2)22-12-10-20(34-4)14-24(22)31;1-5(2,3)4/h5-14,28,30-31H,1-4H3,(H,29,32);(H2,1,2,3,4). The number of phenolic OH excluding ortho intramolecular Hbond substituents is 2. The molecule has 13 nitrogen and oxygen atoms in total. The van der Waals surface area contributed by atoms with E-state index < -0.39 is 16.3 Å². The molecular formula is C25H28N4O9S. The zero-order valence-corrected chi connectivity index (χ0v) is 22.2. The average molecular weight is 561 g/mol. The fourth-order valence-electron chi connectivity index (χ4n) is 3.05. The summed E-state index contributed by atoms with van der Waals surface area (Å²) in [4.78, 5) is 12.4. The van der Waals surface area contributed by atoms with E-state index in [4.69, 9.17) is 27.0 Å². The molecule has 0 spiro atoms. The van der Waals surface area contributed by atoms with E-state index in [9.17, 15) is 15.0 Å². The average Bonchev–Trinajstić information content (AvgIpc) is 2.89.